The van der Waals surface area contributed by atoms with Crippen LogP contribution >= 0.6 is 15.9 Å². The third kappa shape index (κ3) is 2.56. The lowest BCUT2D eigenvalue weighted by atomic mass is 9.86. The Bertz CT molecular complexity index is 408. The van der Waals surface area contributed by atoms with Crippen LogP contribution in [0.1, 0.15) is 31.1 Å². The second kappa shape index (κ2) is 3.93. The third-order valence-corrected chi connectivity index (χ3v) is 2.41. The summed E-state index contributed by atoms with van der Waals surface area (Å²) < 4.78 is 13.6. The number of hydrogen-bond acceptors (Lipinski definition) is 2. The van der Waals surface area contributed by atoms with Gasteiger partial charge in [0.15, 0.2) is 17.3 Å². The number of phenols is 1. The molecule has 0 bridgehead atoms. The van der Waals surface area contributed by atoms with Crippen LogP contribution < -0.4 is 0 Å². The number of carbonyl (C=O) groups is 1. The maximum Gasteiger partial charge on any atom is 0.172 e. The Hall–Kier alpha value is -0.900. The van der Waals surface area contributed by atoms with Crippen LogP contribution in [0.3, 0.4) is 0 Å². The zero-order chi connectivity index (χ0) is 11.8. The maximum atomic E-state index is 13.2. The molecule has 0 aliphatic heterocycles. The van der Waals surface area contributed by atoms with Crippen molar-refractivity contribution in [3.8, 4) is 5.75 Å². The average molecular weight is 275 g/mol. The molecule has 0 heterocycles. The van der Waals surface area contributed by atoms with Gasteiger partial charge in [-0.3, -0.25) is 4.79 Å². The predicted molar refractivity (Wildman–Crippen MR) is 59.6 cm³/mol. The number of halogens is 2. The van der Waals surface area contributed by atoms with Crippen molar-refractivity contribution in [2.45, 2.75) is 20.8 Å². The van der Waals surface area contributed by atoms with Gasteiger partial charge in [0.25, 0.3) is 0 Å². The minimum atomic E-state index is -0.794. The van der Waals surface area contributed by atoms with E-state index in [0.29, 0.717) is 4.47 Å². The van der Waals surface area contributed by atoms with Crippen molar-refractivity contribution in [3.63, 3.8) is 0 Å². The summed E-state index contributed by atoms with van der Waals surface area (Å²) in [6.45, 7) is 5.15. The second-order valence-corrected chi connectivity index (χ2v) is 5.28. The fourth-order valence-electron chi connectivity index (χ4n) is 1.14. The van der Waals surface area contributed by atoms with Gasteiger partial charge in [-0.2, -0.15) is 0 Å². The Kier molecular flexibility index (Phi) is 3.19. The molecule has 0 spiro atoms. The first kappa shape index (κ1) is 12.2. The summed E-state index contributed by atoms with van der Waals surface area (Å²) in [5, 5.41) is 9.44. The summed E-state index contributed by atoms with van der Waals surface area (Å²) in [6, 6.07) is 2.54. The number of hydrogen-bond donors (Lipinski definition) is 1. The van der Waals surface area contributed by atoms with Crippen molar-refractivity contribution in [1.29, 1.82) is 0 Å². The van der Waals surface area contributed by atoms with Gasteiger partial charge in [-0.15, -0.1) is 0 Å². The van der Waals surface area contributed by atoms with Crippen LogP contribution in [0, 0.1) is 11.2 Å². The number of phenolic OH excluding ortho intramolecular Hbond substituents is 1. The van der Waals surface area contributed by atoms with E-state index in [9.17, 15) is 14.3 Å². The van der Waals surface area contributed by atoms with E-state index in [1.807, 2.05) is 0 Å². The summed E-state index contributed by atoms with van der Waals surface area (Å²) in [5.41, 5.74) is -0.639. The largest absolute Gasteiger partial charge is 0.504 e. The van der Waals surface area contributed by atoms with E-state index in [-0.39, 0.29) is 11.3 Å². The first-order valence-electron chi connectivity index (χ1n) is 4.46. The zero-order valence-corrected chi connectivity index (χ0v) is 10.4. The van der Waals surface area contributed by atoms with Crippen LogP contribution in [-0.4, -0.2) is 10.9 Å². The van der Waals surface area contributed by atoms with Gasteiger partial charge in [-0.1, -0.05) is 36.7 Å². The average Bonchev–Trinajstić information content (AvgIpc) is 2.08. The summed E-state index contributed by atoms with van der Waals surface area (Å²) in [4.78, 5) is 11.8. The third-order valence-electron chi connectivity index (χ3n) is 1.95. The summed E-state index contributed by atoms with van der Waals surface area (Å²) >= 11 is 3.08. The van der Waals surface area contributed by atoms with Crippen LogP contribution in [-0.2, 0) is 0 Å². The fourth-order valence-corrected chi connectivity index (χ4v) is 1.57. The van der Waals surface area contributed by atoms with Gasteiger partial charge in [0.1, 0.15) is 0 Å². The Morgan fingerprint density at radius 3 is 2.40 bits per heavy atom. The van der Waals surface area contributed by atoms with Gasteiger partial charge in [-0.05, 0) is 12.1 Å². The van der Waals surface area contributed by atoms with Gasteiger partial charge < -0.3 is 5.11 Å². The smallest absolute Gasteiger partial charge is 0.172 e. The van der Waals surface area contributed by atoms with Crippen molar-refractivity contribution in [1.82, 2.24) is 0 Å². The molecule has 0 aliphatic carbocycles. The lowest BCUT2D eigenvalue weighted by molar-refractivity contribution is 0.0854. The Morgan fingerprint density at radius 1 is 1.40 bits per heavy atom. The van der Waals surface area contributed by atoms with Crippen LogP contribution in [0.4, 0.5) is 4.39 Å². The Morgan fingerprint density at radius 2 is 1.93 bits per heavy atom. The van der Waals surface area contributed by atoms with Crippen LogP contribution in [0.25, 0.3) is 0 Å². The monoisotopic (exact) mass is 274 g/mol. The van der Waals surface area contributed by atoms with Crippen molar-refractivity contribution < 1.29 is 14.3 Å². The molecule has 0 unspecified atom stereocenters. The number of ketones is 1. The minimum Gasteiger partial charge on any atom is -0.504 e. The van der Waals surface area contributed by atoms with E-state index >= 15 is 0 Å². The zero-order valence-electron chi connectivity index (χ0n) is 8.77. The van der Waals surface area contributed by atoms with E-state index in [1.54, 1.807) is 20.8 Å². The highest BCUT2D eigenvalue weighted by atomic mass is 79.9. The van der Waals surface area contributed by atoms with Crippen molar-refractivity contribution >= 4 is 21.7 Å². The molecule has 0 aliphatic rings. The molecule has 1 rings (SSSR count). The van der Waals surface area contributed by atoms with Crippen molar-refractivity contribution in [2.24, 2.45) is 5.41 Å². The highest BCUT2D eigenvalue weighted by Gasteiger charge is 2.26. The quantitative estimate of drug-likeness (QED) is 0.796. The molecule has 0 radical (unpaired) electrons. The molecule has 1 aromatic carbocycles. The topological polar surface area (TPSA) is 37.3 Å². The molecule has 0 amide bonds. The van der Waals surface area contributed by atoms with E-state index in [0.717, 1.165) is 6.07 Å². The number of rotatable bonds is 1. The molecule has 0 atom stereocenters. The van der Waals surface area contributed by atoms with E-state index in [4.69, 9.17) is 0 Å². The summed E-state index contributed by atoms with van der Waals surface area (Å²) in [5.74, 6) is -1.67. The normalized spacial score (nSPS) is 11.5. The lowest BCUT2D eigenvalue weighted by Crippen LogP contribution is -2.20. The van der Waals surface area contributed by atoms with Crippen molar-refractivity contribution in [2.75, 3.05) is 0 Å². The number of aromatic hydroxyl groups is 1. The molecule has 15 heavy (non-hydrogen) atoms. The SMILES string of the molecule is CC(C)(C)C(=O)c1cc(Br)cc(F)c1O. The lowest BCUT2D eigenvalue weighted by Gasteiger charge is -2.17. The molecule has 0 fully saturated rings. The molecule has 1 N–H and O–H groups in total. The van der Waals surface area contributed by atoms with Gasteiger partial charge in [-0.25, -0.2) is 4.39 Å². The minimum absolute atomic E-state index is 0.00868. The molecule has 0 aromatic heterocycles. The fraction of sp³-hybridized carbons (Fsp3) is 0.364. The molecular formula is C11H12BrFO2. The second-order valence-electron chi connectivity index (χ2n) is 4.36. The molecule has 1 aromatic rings. The van der Waals surface area contributed by atoms with E-state index in [1.165, 1.54) is 6.07 Å². The highest BCUT2D eigenvalue weighted by molar-refractivity contribution is 9.10. The molecular weight excluding hydrogens is 263 g/mol. The van der Waals surface area contributed by atoms with E-state index in [2.05, 4.69) is 15.9 Å². The summed E-state index contributed by atoms with van der Waals surface area (Å²) in [6.07, 6.45) is 0. The highest BCUT2D eigenvalue weighted by Crippen LogP contribution is 2.31. The van der Waals surface area contributed by atoms with Gasteiger partial charge >= 0.3 is 0 Å². The van der Waals surface area contributed by atoms with E-state index < -0.39 is 17.0 Å². The standard InChI is InChI=1S/C11H12BrFO2/c1-11(2,3)10(15)7-4-6(12)5-8(13)9(7)14/h4-5,14H,1-3H3. The first-order chi connectivity index (χ1) is 6.73. The Balaban J connectivity index is 3.32. The molecule has 4 heteroatoms. The maximum absolute atomic E-state index is 13.2. The predicted octanol–water partition coefficient (Wildman–Crippen LogP) is 3.52. The number of carbonyl (C=O) groups excluding carboxylic acids is 1. The van der Waals surface area contributed by atoms with Gasteiger partial charge in [0.05, 0.1) is 5.56 Å². The molecule has 0 saturated carbocycles. The molecule has 0 saturated heterocycles. The number of Topliss-reactive ketones (excluding diaryl/α,β-unsaturated/α-hetero) is 1. The van der Waals surface area contributed by atoms with Crippen LogP contribution in [0.15, 0.2) is 16.6 Å². The first-order valence-corrected chi connectivity index (χ1v) is 5.25. The van der Waals surface area contributed by atoms with Gasteiger partial charge in [0, 0.05) is 9.89 Å². The van der Waals surface area contributed by atoms with Gasteiger partial charge in [0.2, 0.25) is 0 Å². The Labute approximate surface area is 96.2 Å². The van der Waals surface area contributed by atoms with Crippen LogP contribution in [0.5, 0.6) is 5.75 Å². The summed E-state index contributed by atoms with van der Waals surface area (Å²) in [7, 11) is 0. The molecule has 82 valence electrons. The van der Waals surface area contributed by atoms with Crippen LogP contribution in [0.2, 0.25) is 0 Å². The van der Waals surface area contributed by atoms with Crippen molar-refractivity contribution in [3.05, 3.63) is 28.0 Å². The molecule has 2 nitrogen and oxygen atoms in total. The number of benzene rings is 1.